The maximum Gasteiger partial charge on any atom is 0.573 e. The van der Waals surface area contributed by atoms with Crippen LogP contribution in [0.4, 0.5) is 26.3 Å². The van der Waals surface area contributed by atoms with Crippen molar-refractivity contribution in [2.24, 2.45) is 0 Å². The highest BCUT2D eigenvalue weighted by atomic mass is 19.4. The van der Waals surface area contributed by atoms with Crippen molar-refractivity contribution in [1.82, 2.24) is 0 Å². The zero-order chi connectivity index (χ0) is 26.6. The Morgan fingerprint density at radius 1 is 0.757 bits per heavy atom. The molecule has 0 amide bonds. The van der Waals surface area contributed by atoms with Gasteiger partial charge in [0.2, 0.25) is 0 Å². The minimum absolute atomic E-state index is 0.214. The van der Waals surface area contributed by atoms with Crippen LogP contribution in [0, 0.1) is 17.5 Å². The first-order valence-corrected chi connectivity index (χ1v) is 11.8. The number of halogens is 6. The standard InChI is InChI=1S/C30H24F6O/c1-2-3-4-5-19-7-13-24(26(31)16-19)22-12-14-25-23(18-22)11-10-21(29(25)33)9-6-20-8-15-28(27(32)17-20)37-30(34,35)36/h2-3,7-8,10-18H,4-6,9H2,1H3/b3-2+. The fourth-order valence-electron chi connectivity index (χ4n) is 4.25. The van der Waals surface area contributed by atoms with Gasteiger partial charge >= 0.3 is 6.36 Å². The minimum Gasteiger partial charge on any atom is -0.403 e. The van der Waals surface area contributed by atoms with Crippen molar-refractivity contribution < 1.29 is 31.1 Å². The molecule has 0 spiro atoms. The van der Waals surface area contributed by atoms with Gasteiger partial charge in [0.15, 0.2) is 11.6 Å². The molecule has 0 aliphatic rings. The van der Waals surface area contributed by atoms with Crippen molar-refractivity contribution in [3.63, 3.8) is 0 Å². The number of hydrogen-bond acceptors (Lipinski definition) is 1. The monoisotopic (exact) mass is 514 g/mol. The number of rotatable bonds is 8. The fourth-order valence-corrected chi connectivity index (χ4v) is 4.25. The van der Waals surface area contributed by atoms with Crippen LogP contribution in [-0.2, 0) is 19.3 Å². The molecule has 0 saturated heterocycles. The highest BCUT2D eigenvalue weighted by molar-refractivity contribution is 5.88. The molecule has 0 fully saturated rings. The summed E-state index contributed by atoms with van der Waals surface area (Å²) >= 11 is 0. The zero-order valence-electron chi connectivity index (χ0n) is 20.0. The van der Waals surface area contributed by atoms with E-state index >= 15 is 4.39 Å². The van der Waals surface area contributed by atoms with E-state index in [1.165, 1.54) is 12.1 Å². The maximum atomic E-state index is 15.2. The number of hydrogen-bond donors (Lipinski definition) is 0. The lowest BCUT2D eigenvalue weighted by Gasteiger charge is -2.12. The van der Waals surface area contributed by atoms with Gasteiger partial charge in [-0.3, -0.25) is 0 Å². The number of aryl methyl sites for hydroxylation is 3. The molecule has 0 saturated carbocycles. The van der Waals surface area contributed by atoms with Gasteiger partial charge in [0.1, 0.15) is 11.6 Å². The summed E-state index contributed by atoms with van der Waals surface area (Å²) < 4.78 is 84.6. The Kier molecular flexibility index (Phi) is 7.91. The molecule has 0 aliphatic carbocycles. The van der Waals surface area contributed by atoms with Gasteiger partial charge in [0, 0.05) is 10.9 Å². The molecule has 4 rings (SSSR count). The molecule has 192 valence electrons. The van der Waals surface area contributed by atoms with Crippen LogP contribution >= 0.6 is 0 Å². The van der Waals surface area contributed by atoms with Crippen LogP contribution in [0.25, 0.3) is 21.9 Å². The van der Waals surface area contributed by atoms with Crippen LogP contribution in [0.5, 0.6) is 5.75 Å². The first kappa shape index (κ1) is 26.3. The largest absolute Gasteiger partial charge is 0.573 e. The third-order valence-corrected chi connectivity index (χ3v) is 6.12. The van der Waals surface area contributed by atoms with Gasteiger partial charge < -0.3 is 4.74 Å². The summed E-state index contributed by atoms with van der Waals surface area (Å²) in [5.41, 5.74) is 2.76. The lowest BCUT2D eigenvalue weighted by molar-refractivity contribution is -0.275. The van der Waals surface area contributed by atoms with Crippen LogP contribution in [-0.4, -0.2) is 6.36 Å². The molecule has 0 aliphatic heterocycles. The summed E-state index contributed by atoms with van der Waals surface area (Å²) in [5, 5.41) is 0.972. The molecule has 0 atom stereocenters. The van der Waals surface area contributed by atoms with Crippen molar-refractivity contribution >= 4 is 10.8 Å². The summed E-state index contributed by atoms with van der Waals surface area (Å²) in [5.74, 6) is -2.84. The zero-order valence-corrected chi connectivity index (χ0v) is 20.0. The van der Waals surface area contributed by atoms with Crippen LogP contribution in [0.3, 0.4) is 0 Å². The van der Waals surface area contributed by atoms with E-state index in [2.05, 4.69) is 4.74 Å². The van der Waals surface area contributed by atoms with Gasteiger partial charge in [0.25, 0.3) is 0 Å². The quantitative estimate of drug-likeness (QED) is 0.168. The molecule has 4 aromatic rings. The Hall–Kier alpha value is -3.74. The van der Waals surface area contributed by atoms with Gasteiger partial charge in [-0.15, -0.1) is 13.2 Å². The Morgan fingerprint density at radius 2 is 1.49 bits per heavy atom. The van der Waals surface area contributed by atoms with Crippen LogP contribution < -0.4 is 4.74 Å². The molecule has 4 aromatic carbocycles. The number of benzene rings is 4. The number of alkyl halides is 3. The minimum atomic E-state index is -4.99. The lowest BCUT2D eigenvalue weighted by Crippen LogP contribution is -2.18. The molecule has 1 nitrogen and oxygen atoms in total. The van der Waals surface area contributed by atoms with Crippen LogP contribution in [0.2, 0.25) is 0 Å². The van der Waals surface area contributed by atoms with E-state index < -0.39 is 23.7 Å². The second-order valence-electron chi connectivity index (χ2n) is 8.71. The van der Waals surface area contributed by atoms with E-state index in [4.69, 9.17) is 0 Å². The van der Waals surface area contributed by atoms with Gasteiger partial charge in [0.05, 0.1) is 0 Å². The average Bonchev–Trinajstić information content (AvgIpc) is 2.84. The SMILES string of the molecule is C/C=C/CCc1ccc(-c2ccc3c(F)c(CCc4ccc(OC(F)(F)F)c(F)c4)ccc3c2)c(F)c1. The third-order valence-electron chi connectivity index (χ3n) is 6.12. The normalized spacial score (nSPS) is 12.0. The summed E-state index contributed by atoms with van der Waals surface area (Å²) in [4.78, 5) is 0. The van der Waals surface area contributed by atoms with E-state index in [9.17, 15) is 22.0 Å². The molecule has 0 N–H and O–H groups in total. The Balaban J connectivity index is 1.50. The fraction of sp³-hybridized carbons (Fsp3) is 0.200. The second-order valence-corrected chi connectivity index (χ2v) is 8.71. The first-order chi connectivity index (χ1) is 17.6. The Bertz CT molecular complexity index is 1440. The number of fused-ring (bicyclic) bond motifs is 1. The molecule has 0 bridgehead atoms. The van der Waals surface area contributed by atoms with Gasteiger partial charge in [-0.25, -0.2) is 13.2 Å². The average molecular weight is 515 g/mol. The smallest absolute Gasteiger partial charge is 0.403 e. The topological polar surface area (TPSA) is 9.23 Å². The predicted molar refractivity (Wildman–Crippen MR) is 133 cm³/mol. The van der Waals surface area contributed by atoms with E-state index in [1.807, 2.05) is 25.1 Å². The lowest BCUT2D eigenvalue weighted by atomic mass is 9.96. The Labute approximate surface area is 211 Å². The molecule has 0 unspecified atom stereocenters. The molecule has 0 heterocycles. The van der Waals surface area contributed by atoms with E-state index in [0.717, 1.165) is 30.5 Å². The first-order valence-electron chi connectivity index (χ1n) is 11.8. The third kappa shape index (κ3) is 6.53. The van der Waals surface area contributed by atoms with Gasteiger partial charge in [-0.05, 0) is 84.5 Å². The highest BCUT2D eigenvalue weighted by Crippen LogP contribution is 2.31. The van der Waals surface area contributed by atoms with Crippen LogP contribution in [0.1, 0.15) is 30.0 Å². The molecule has 7 heteroatoms. The van der Waals surface area contributed by atoms with Gasteiger partial charge in [-0.2, -0.15) is 0 Å². The molecule has 37 heavy (non-hydrogen) atoms. The van der Waals surface area contributed by atoms with Crippen molar-refractivity contribution in [2.45, 2.75) is 39.0 Å². The van der Waals surface area contributed by atoms with Gasteiger partial charge in [-0.1, -0.05) is 54.6 Å². The highest BCUT2D eigenvalue weighted by Gasteiger charge is 2.32. The number of ether oxygens (including phenoxy) is 1. The van der Waals surface area contributed by atoms with E-state index in [0.29, 0.717) is 33.0 Å². The predicted octanol–water partition coefficient (Wildman–Crippen LogP) is 9.12. The van der Waals surface area contributed by atoms with E-state index in [1.54, 1.807) is 36.4 Å². The maximum absolute atomic E-state index is 15.2. The summed E-state index contributed by atoms with van der Waals surface area (Å²) in [6.45, 7) is 1.94. The van der Waals surface area contributed by atoms with Crippen molar-refractivity contribution in [3.05, 3.63) is 113 Å². The van der Waals surface area contributed by atoms with Crippen LogP contribution in [0.15, 0.2) is 78.9 Å². The molecule has 0 aromatic heterocycles. The molecule has 0 radical (unpaired) electrons. The van der Waals surface area contributed by atoms with Crippen molar-refractivity contribution in [2.75, 3.05) is 0 Å². The number of allylic oxidation sites excluding steroid dienone is 2. The van der Waals surface area contributed by atoms with Crippen molar-refractivity contribution in [1.29, 1.82) is 0 Å². The summed E-state index contributed by atoms with van der Waals surface area (Å²) in [7, 11) is 0. The van der Waals surface area contributed by atoms with Crippen molar-refractivity contribution in [3.8, 4) is 16.9 Å². The molecular weight excluding hydrogens is 490 g/mol. The second kappa shape index (κ2) is 11.1. The Morgan fingerprint density at radius 3 is 2.19 bits per heavy atom. The van der Waals surface area contributed by atoms with E-state index in [-0.39, 0.29) is 18.7 Å². The summed E-state index contributed by atoms with van der Waals surface area (Å²) in [6, 6.07) is 16.7. The molecular formula is C30H24F6O. The summed E-state index contributed by atoms with van der Waals surface area (Å²) in [6.07, 6.45) is 1.00.